The summed E-state index contributed by atoms with van der Waals surface area (Å²) in [7, 11) is 0. The van der Waals surface area contributed by atoms with Crippen molar-refractivity contribution in [3.8, 4) is 0 Å². The van der Waals surface area contributed by atoms with Crippen LogP contribution in [0.3, 0.4) is 0 Å². The fraction of sp³-hybridized carbons (Fsp3) is 0.440. The second-order valence-electron chi connectivity index (χ2n) is 9.18. The number of hydrogen-bond acceptors (Lipinski definition) is 4. The number of anilines is 2. The second-order valence-corrected chi connectivity index (χ2v) is 9.18. The van der Waals surface area contributed by atoms with E-state index in [2.05, 4.69) is 10.2 Å². The van der Waals surface area contributed by atoms with Crippen LogP contribution in [0.15, 0.2) is 42.5 Å². The van der Waals surface area contributed by atoms with Crippen LogP contribution in [0.4, 0.5) is 20.2 Å². The molecule has 0 bridgehead atoms. The van der Waals surface area contributed by atoms with Gasteiger partial charge in [0.1, 0.15) is 0 Å². The van der Waals surface area contributed by atoms with Crippen molar-refractivity contribution in [2.24, 2.45) is 11.3 Å². The molecule has 2 amide bonds. The minimum Gasteiger partial charge on any atom is -0.378 e. The molecular weight excluding hydrogens is 428 g/mol. The van der Waals surface area contributed by atoms with Gasteiger partial charge in [0.25, 0.3) is 5.91 Å². The molecule has 2 aliphatic heterocycles. The van der Waals surface area contributed by atoms with Crippen LogP contribution < -0.4 is 10.2 Å². The standard InChI is InChI=1S/C25H27F2N3O3/c26-21-6-3-18(15-22(21)27)28-23(31)20-16-25(20)7-9-30(10-8-25)24(32)17-1-4-19(5-2-17)29-11-13-33-14-12-29/h1-6,15,20H,7-14,16H2,(H,28,31)/t20-/m1/s1. The number of ether oxygens (including phenoxy) is 1. The number of nitrogens with zero attached hydrogens (tertiary/aromatic N) is 2. The first kappa shape index (κ1) is 21.8. The van der Waals surface area contributed by atoms with E-state index in [0.29, 0.717) is 18.7 Å². The molecule has 0 aromatic heterocycles. The van der Waals surface area contributed by atoms with Crippen molar-refractivity contribution in [1.29, 1.82) is 0 Å². The van der Waals surface area contributed by atoms with Gasteiger partial charge in [-0.05, 0) is 61.1 Å². The minimum atomic E-state index is -0.983. The normalized spacial score (nSPS) is 21.7. The van der Waals surface area contributed by atoms with Crippen molar-refractivity contribution in [2.75, 3.05) is 49.6 Å². The molecule has 1 atom stereocenters. The van der Waals surface area contributed by atoms with Gasteiger partial charge in [-0.15, -0.1) is 0 Å². The Morgan fingerprint density at radius 1 is 0.939 bits per heavy atom. The Labute approximate surface area is 191 Å². The SMILES string of the molecule is O=C(Nc1ccc(F)c(F)c1)[C@H]1CC12CCN(C(=O)c1ccc(N3CCOCC3)cc1)CC2. The van der Waals surface area contributed by atoms with Crippen LogP contribution in [0.1, 0.15) is 29.6 Å². The number of likely N-dealkylation sites (tertiary alicyclic amines) is 1. The lowest BCUT2D eigenvalue weighted by atomic mass is 9.90. The summed E-state index contributed by atoms with van der Waals surface area (Å²) in [5.41, 5.74) is 1.93. The first-order valence-electron chi connectivity index (χ1n) is 11.4. The van der Waals surface area contributed by atoms with E-state index in [1.807, 2.05) is 29.2 Å². The summed E-state index contributed by atoms with van der Waals surface area (Å²) >= 11 is 0. The van der Waals surface area contributed by atoms with E-state index >= 15 is 0 Å². The summed E-state index contributed by atoms with van der Waals surface area (Å²) in [6.07, 6.45) is 2.29. The van der Waals surface area contributed by atoms with E-state index in [0.717, 1.165) is 63.4 Å². The average molecular weight is 456 g/mol. The van der Waals surface area contributed by atoms with E-state index < -0.39 is 11.6 Å². The van der Waals surface area contributed by atoms with Crippen LogP contribution in [0.25, 0.3) is 0 Å². The van der Waals surface area contributed by atoms with Gasteiger partial charge in [0.05, 0.1) is 13.2 Å². The molecule has 33 heavy (non-hydrogen) atoms. The molecule has 1 N–H and O–H groups in total. The number of rotatable bonds is 4. The number of benzene rings is 2. The molecule has 5 rings (SSSR count). The summed E-state index contributed by atoms with van der Waals surface area (Å²) in [4.78, 5) is 29.7. The van der Waals surface area contributed by atoms with Crippen molar-refractivity contribution < 1.29 is 23.1 Å². The van der Waals surface area contributed by atoms with Gasteiger partial charge < -0.3 is 19.9 Å². The predicted octanol–water partition coefficient (Wildman–Crippen LogP) is 3.68. The quantitative estimate of drug-likeness (QED) is 0.764. The lowest BCUT2D eigenvalue weighted by Crippen LogP contribution is -2.40. The van der Waals surface area contributed by atoms with Gasteiger partial charge in [-0.25, -0.2) is 8.78 Å². The van der Waals surface area contributed by atoms with Gasteiger partial charge in [0, 0.05) is 55.1 Å². The molecular formula is C25H27F2N3O3. The summed E-state index contributed by atoms with van der Waals surface area (Å²) in [6, 6.07) is 11.1. The Bertz CT molecular complexity index is 1050. The fourth-order valence-corrected chi connectivity index (χ4v) is 5.05. The number of morpholine rings is 1. The highest BCUT2D eigenvalue weighted by Gasteiger charge is 2.58. The van der Waals surface area contributed by atoms with E-state index in [-0.39, 0.29) is 28.8 Å². The monoisotopic (exact) mass is 455 g/mol. The van der Waals surface area contributed by atoms with E-state index in [4.69, 9.17) is 4.74 Å². The average Bonchev–Trinajstić information content (AvgIpc) is 3.55. The smallest absolute Gasteiger partial charge is 0.253 e. The zero-order valence-corrected chi connectivity index (χ0v) is 18.4. The molecule has 174 valence electrons. The summed E-state index contributed by atoms with van der Waals surface area (Å²) in [5, 5.41) is 2.70. The van der Waals surface area contributed by atoms with Gasteiger partial charge >= 0.3 is 0 Å². The van der Waals surface area contributed by atoms with Crippen molar-refractivity contribution in [3.05, 3.63) is 59.7 Å². The van der Waals surface area contributed by atoms with Crippen molar-refractivity contribution >= 4 is 23.2 Å². The third-order valence-electron chi connectivity index (χ3n) is 7.23. The maximum atomic E-state index is 13.4. The zero-order valence-electron chi connectivity index (χ0n) is 18.4. The lowest BCUT2D eigenvalue weighted by Gasteiger charge is -2.33. The van der Waals surface area contributed by atoms with E-state index in [1.54, 1.807) is 0 Å². The van der Waals surface area contributed by atoms with Crippen LogP contribution in [-0.4, -0.2) is 56.1 Å². The zero-order chi connectivity index (χ0) is 23.0. The van der Waals surface area contributed by atoms with Crippen LogP contribution in [0.5, 0.6) is 0 Å². The summed E-state index contributed by atoms with van der Waals surface area (Å²) < 4.78 is 31.9. The summed E-state index contributed by atoms with van der Waals surface area (Å²) in [6.45, 7) is 4.36. The predicted molar refractivity (Wildman–Crippen MR) is 120 cm³/mol. The molecule has 8 heteroatoms. The maximum Gasteiger partial charge on any atom is 0.253 e. The molecule has 2 saturated heterocycles. The van der Waals surface area contributed by atoms with Gasteiger partial charge in [-0.2, -0.15) is 0 Å². The molecule has 2 heterocycles. The van der Waals surface area contributed by atoms with Gasteiger partial charge in [0.2, 0.25) is 5.91 Å². The van der Waals surface area contributed by atoms with Crippen LogP contribution in [0.2, 0.25) is 0 Å². The number of nitrogens with one attached hydrogen (secondary N) is 1. The Balaban J connectivity index is 1.14. The minimum absolute atomic E-state index is 0.0156. The van der Waals surface area contributed by atoms with Gasteiger partial charge in [-0.1, -0.05) is 0 Å². The van der Waals surface area contributed by atoms with E-state index in [1.165, 1.54) is 6.07 Å². The number of piperidine rings is 1. The molecule has 2 aromatic carbocycles. The van der Waals surface area contributed by atoms with Crippen LogP contribution in [-0.2, 0) is 9.53 Å². The molecule has 0 unspecified atom stereocenters. The van der Waals surface area contributed by atoms with Gasteiger partial charge in [-0.3, -0.25) is 9.59 Å². The van der Waals surface area contributed by atoms with Crippen molar-refractivity contribution in [1.82, 2.24) is 4.90 Å². The highest BCUT2D eigenvalue weighted by molar-refractivity contribution is 5.96. The Kier molecular flexibility index (Phi) is 5.78. The largest absolute Gasteiger partial charge is 0.378 e. The number of hydrogen-bond donors (Lipinski definition) is 1. The highest BCUT2D eigenvalue weighted by Crippen LogP contribution is 2.59. The molecule has 0 radical (unpaired) electrons. The number of halogens is 2. The van der Waals surface area contributed by atoms with Crippen molar-refractivity contribution in [2.45, 2.75) is 19.3 Å². The van der Waals surface area contributed by atoms with Crippen LogP contribution >= 0.6 is 0 Å². The Morgan fingerprint density at radius 2 is 1.64 bits per heavy atom. The third kappa shape index (κ3) is 4.44. The Hall–Kier alpha value is -3.00. The first-order valence-corrected chi connectivity index (χ1v) is 11.4. The first-order chi connectivity index (χ1) is 15.9. The molecule has 1 saturated carbocycles. The maximum absolute atomic E-state index is 13.4. The molecule has 6 nitrogen and oxygen atoms in total. The van der Waals surface area contributed by atoms with Gasteiger partial charge in [0.15, 0.2) is 11.6 Å². The molecule has 2 aromatic rings. The topological polar surface area (TPSA) is 61.9 Å². The number of carbonyl (C=O) groups excluding carboxylic acids is 2. The van der Waals surface area contributed by atoms with Crippen LogP contribution in [0, 0.1) is 23.0 Å². The second kappa shape index (κ2) is 8.74. The highest BCUT2D eigenvalue weighted by atomic mass is 19.2. The molecule has 1 spiro atoms. The molecule has 3 fully saturated rings. The van der Waals surface area contributed by atoms with Crippen molar-refractivity contribution in [3.63, 3.8) is 0 Å². The number of carbonyl (C=O) groups is 2. The third-order valence-corrected chi connectivity index (χ3v) is 7.23. The lowest BCUT2D eigenvalue weighted by molar-refractivity contribution is -0.118. The number of amides is 2. The molecule has 1 aliphatic carbocycles. The fourth-order valence-electron chi connectivity index (χ4n) is 5.05. The van der Waals surface area contributed by atoms with E-state index in [9.17, 15) is 18.4 Å². The summed E-state index contributed by atoms with van der Waals surface area (Å²) in [5.74, 6) is -2.23. The Morgan fingerprint density at radius 3 is 2.30 bits per heavy atom. The molecule has 3 aliphatic rings.